The first-order valence-electron chi connectivity index (χ1n) is 9.43. The monoisotopic (exact) mass is 376 g/mol. The highest BCUT2D eigenvalue weighted by Crippen LogP contribution is 2.33. The normalized spacial score (nSPS) is 15.2. The third kappa shape index (κ3) is 6.06. The Morgan fingerprint density at radius 3 is 2.77 bits per heavy atom. The second kappa shape index (κ2) is 11.3. The Labute approximate surface area is 163 Å². The first-order valence-corrected chi connectivity index (χ1v) is 10.1. The Bertz CT molecular complexity index is 598. The number of thiol groups is 1. The molecule has 0 aliphatic carbocycles. The quantitative estimate of drug-likeness (QED) is 0.259. The van der Waals surface area contributed by atoms with Gasteiger partial charge in [0.05, 0.1) is 7.11 Å². The SMILES string of the molecule is C=NCC/C=C/CCN1CC(Oc2ccc(CCCS)c(OC)c2C)C1. The van der Waals surface area contributed by atoms with Gasteiger partial charge in [-0.25, -0.2) is 0 Å². The summed E-state index contributed by atoms with van der Waals surface area (Å²) < 4.78 is 11.8. The summed E-state index contributed by atoms with van der Waals surface area (Å²) in [5.41, 5.74) is 2.33. The van der Waals surface area contributed by atoms with Crippen molar-refractivity contribution in [3.63, 3.8) is 0 Å². The van der Waals surface area contributed by atoms with Crippen LogP contribution in [0.4, 0.5) is 0 Å². The highest BCUT2D eigenvalue weighted by atomic mass is 32.1. The van der Waals surface area contributed by atoms with Gasteiger partial charge in [-0.1, -0.05) is 18.2 Å². The summed E-state index contributed by atoms with van der Waals surface area (Å²) in [6, 6.07) is 4.22. The molecule has 144 valence electrons. The van der Waals surface area contributed by atoms with Gasteiger partial charge in [0, 0.05) is 31.7 Å². The summed E-state index contributed by atoms with van der Waals surface area (Å²) in [4.78, 5) is 6.27. The van der Waals surface area contributed by atoms with E-state index in [1.807, 2.05) is 0 Å². The lowest BCUT2D eigenvalue weighted by atomic mass is 10.0. The summed E-state index contributed by atoms with van der Waals surface area (Å²) in [6.07, 6.45) is 8.80. The van der Waals surface area contributed by atoms with Gasteiger partial charge in [0.2, 0.25) is 0 Å². The Morgan fingerprint density at radius 2 is 2.08 bits per heavy atom. The van der Waals surface area contributed by atoms with Crippen LogP contribution in [-0.4, -0.2) is 56.8 Å². The molecule has 1 fully saturated rings. The van der Waals surface area contributed by atoms with E-state index in [2.05, 4.69) is 60.4 Å². The number of methoxy groups -OCH3 is 1. The maximum atomic E-state index is 6.20. The standard InChI is InChI=1S/C21H32N2O2S/c1-17-20(11-10-18(9-8-14-26)21(17)24-3)25-19-15-23(16-19)13-7-5-4-6-12-22-2/h4-5,10-11,19,26H,2,6-9,12-16H2,1,3H3/b5-4+. The molecule has 0 bridgehead atoms. The Hall–Kier alpha value is -1.46. The fraction of sp³-hybridized carbons (Fsp3) is 0.571. The lowest BCUT2D eigenvalue weighted by Gasteiger charge is -2.39. The highest BCUT2D eigenvalue weighted by molar-refractivity contribution is 7.80. The van der Waals surface area contributed by atoms with Crippen LogP contribution in [0.2, 0.25) is 0 Å². The second-order valence-electron chi connectivity index (χ2n) is 6.70. The Balaban J connectivity index is 1.78. The van der Waals surface area contributed by atoms with Crippen LogP contribution < -0.4 is 9.47 Å². The summed E-state index contributed by atoms with van der Waals surface area (Å²) >= 11 is 4.30. The minimum atomic E-state index is 0.274. The van der Waals surface area contributed by atoms with Gasteiger partial charge in [-0.3, -0.25) is 4.90 Å². The average Bonchev–Trinajstić information content (AvgIpc) is 2.61. The molecule has 5 heteroatoms. The molecule has 0 unspecified atom stereocenters. The van der Waals surface area contributed by atoms with Crippen molar-refractivity contribution >= 4 is 19.3 Å². The van der Waals surface area contributed by atoms with E-state index >= 15 is 0 Å². The van der Waals surface area contributed by atoms with Crippen molar-refractivity contribution in [2.75, 3.05) is 39.0 Å². The van der Waals surface area contributed by atoms with Gasteiger partial charge >= 0.3 is 0 Å². The van der Waals surface area contributed by atoms with Gasteiger partial charge in [0.25, 0.3) is 0 Å². The van der Waals surface area contributed by atoms with Crippen molar-refractivity contribution < 1.29 is 9.47 Å². The zero-order valence-corrected chi connectivity index (χ0v) is 17.0. The van der Waals surface area contributed by atoms with Crippen LogP contribution in [0, 0.1) is 6.92 Å². The third-order valence-electron chi connectivity index (χ3n) is 4.70. The van der Waals surface area contributed by atoms with E-state index in [4.69, 9.17) is 9.47 Å². The van der Waals surface area contributed by atoms with Gasteiger partial charge in [0.15, 0.2) is 0 Å². The molecule has 1 aromatic rings. The largest absolute Gasteiger partial charge is 0.496 e. The zero-order valence-electron chi connectivity index (χ0n) is 16.1. The fourth-order valence-corrected chi connectivity index (χ4v) is 3.38. The van der Waals surface area contributed by atoms with Gasteiger partial charge in [0.1, 0.15) is 17.6 Å². The molecule has 0 N–H and O–H groups in total. The average molecular weight is 377 g/mol. The molecule has 1 aliphatic rings. The van der Waals surface area contributed by atoms with Crippen molar-refractivity contribution in [2.24, 2.45) is 4.99 Å². The van der Waals surface area contributed by atoms with Crippen molar-refractivity contribution in [3.05, 3.63) is 35.4 Å². The molecule has 2 rings (SSSR count). The van der Waals surface area contributed by atoms with Crippen LogP contribution in [0.15, 0.2) is 29.3 Å². The fourth-order valence-electron chi connectivity index (χ4n) is 3.23. The molecule has 1 aliphatic heterocycles. The molecule has 0 atom stereocenters. The number of aryl methyl sites for hydroxylation is 1. The van der Waals surface area contributed by atoms with Gasteiger partial charge in [-0.05, 0) is 56.7 Å². The van der Waals surface area contributed by atoms with Crippen LogP contribution in [0.5, 0.6) is 11.5 Å². The van der Waals surface area contributed by atoms with Crippen LogP contribution >= 0.6 is 12.6 Å². The van der Waals surface area contributed by atoms with Crippen LogP contribution in [-0.2, 0) is 6.42 Å². The van der Waals surface area contributed by atoms with Crippen molar-refractivity contribution in [1.82, 2.24) is 4.90 Å². The van der Waals surface area contributed by atoms with Crippen LogP contribution in [0.1, 0.15) is 30.4 Å². The minimum Gasteiger partial charge on any atom is -0.496 e. The highest BCUT2D eigenvalue weighted by Gasteiger charge is 2.28. The van der Waals surface area contributed by atoms with Crippen molar-refractivity contribution in [3.8, 4) is 11.5 Å². The van der Waals surface area contributed by atoms with Crippen molar-refractivity contribution in [2.45, 2.75) is 38.7 Å². The number of hydrogen-bond donors (Lipinski definition) is 1. The number of ether oxygens (including phenoxy) is 2. The van der Waals surface area contributed by atoms with E-state index in [1.54, 1.807) is 7.11 Å². The molecule has 4 nitrogen and oxygen atoms in total. The molecular weight excluding hydrogens is 344 g/mol. The summed E-state index contributed by atoms with van der Waals surface area (Å²) in [5.74, 6) is 2.79. The number of nitrogens with zero attached hydrogens (tertiary/aromatic N) is 2. The molecule has 1 aromatic carbocycles. The smallest absolute Gasteiger partial charge is 0.128 e. The van der Waals surface area contributed by atoms with Crippen LogP contribution in [0.3, 0.4) is 0 Å². The van der Waals surface area contributed by atoms with Gasteiger partial charge in [-0.2, -0.15) is 12.6 Å². The Morgan fingerprint density at radius 1 is 1.31 bits per heavy atom. The third-order valence-corrected chi connectivity index (χ3v) is 5.01. The van der Waals surface area contributed by atoms with Crippen LogP contribution in [0.25, 0.3) is 0 Å². The first-order chi connectivity index (χ1) is 12.7. The molecule has 0 amide bonds. The van der Waals surface area contributed by atoms with Gasteiger partial charge < -0.3 is 14.5 Å². The lowest BCUT2D eigenvalue weighted by molar-refractivity contribution is 0.0207. The minimum absolute atomic E-state index is 0.274. The van der Waals surface area contributed by atoms with E-state index in [0.29, 0.717) is 0 Å². The molecule has 1 heterocycles. The number of benzene rings is 1. The molecule has 26 heavy (non-hydrogen) atoms. The summed E-state index contributed by atoms with van der Waals surface area (Å²) in [6.45, 7) is 9.45. The zero-order chi connectivity index (χ0) is 18.8. The van der Waals surface area contributed by atoms with E-state index < -0.39 is 0 Å². The van der Waals surface area contributed by atoms with E-state index in [0.717, 1.165) is 74.7 Å². The topological polar surface area (TPSA) is 34.1 Å². The molecule has 0 aromatic heterocycles. The predicted molar refractivity (Wildman–Crippen MR) is 114 cm³/mol. The molecule has 0 radical (unpaired) electrons. The molecule has 0 saturated carbocycles. The second-order valence-corrected chi connectivity index (χ2v) is 7.15. The lowest BCUT2D eigenvalue weighted by Crippen LogP contribution is -2.53. The summed E-state index contributed by atoms with van der Waals surface area (Å²) in [7, 11) is 1.74. The van der Waals surface area contributed by atoms with E-state index in [9.17, 15) is 0 Å². The first kappa shape index (κ1) is 20.8. The number of aliphatic imine (C=N–C) groups is 1. The maximum absolute atomic E-state index is 6.20. The molecular formula is C21H32N2O2S. The number of hydrogen-bond acceptors (Lipinski definition) is 5. The molecule has 1 saturated heterocycles. The van der Waals surface area contributed by atoms with Crippen molar-refractivity contribution in [1.29, 1.82) is 0 Å². The van der Waals surface area contributed by atoms with E-state index in [-0.39, 0.29) is 6.10 Å². The predicted octanol–water partition coefficient (Wildman–Crippen LogP) is 3.97. The van der Waals surface area contributed by atoms with Gasteiger partial charge in [-0.15, -0.1) is 0 Å². The van der Waals surface area contributed by atoms with E-state index in [1.165, 1.54) is 5.56 Å². The Kier molecular flexibility index (Phi) is 9.06. The maximum Gasteiger partial charge on any atom is 0.128 e. The summed E-state index contributed by atoms with van der Waals surface area (Å²) in [5, 5.41) is 0. The molecule has 0 spiro atoms. The number of likely N-dealkylation sites (tertiary alicyclic amines) is 1. The number of rotatable bonds is 12.